The van der Waals surface area contributed by atoms with Gasteiger partial charge in [-0.15, -0.1) is 0 Å². The third kappa shape index (κ3) is 2.84. The zero-order valence-electron chi connectivity index (χ0n) is 15.1. The molecule has 0 aromatic carbocycles. The number of amides is 1. The van der Waals surface area contributed by atoms with Crippen LogP contribution in [0.4, 0.5) is 5.69 Å². The molecule has 0 atom stereocenters. The highest BCUT2D eigenvalue weighted by atomic mass is 16.5. The summed E-state index contributed by atoms with van der Waals surface area (Å²) < 4.78 is 10.5. The van der Waals surface area contributed by atoms with Gasteiger partial charge < -0.3 is 9.47 Å². The van der Waals surface area contributed by atoms with Gasteiger partial charge in [-0.05, 0) is 24.6 Å². The van der Waals surface area contributed by atoms with Crippen LogP contribution in [0.5, 0.6) is 11.6 Å². The van der Waals surface area contributed by atoms with E-state index in [2.05, 4.69) is 15.0 Å². The molecule has 3 aromatic rings. The monoisotopic (exact) mass is 363 g/mol. The predicted molar refractivity (Wildman–Crippen MR) is 97.9 cm³/mol. The number of rotatable bonds is 4. The first kappa shape index (κ1) is 16.9. The van der Waals surface area contributed by atoms with Gasteiger partial charge in [0.25, 0.3) is 11.8 Å². The van der Waals surface area contributed by atoms with E-state index in [1.165, 1.54) is 13.4 Å². The largest absolute Gasteiger partial charge is 0.491 e. The van der Waals surface area contributed by atoms with E-state index in [-0.39, 0.29) is 5.91 Å². The number of carbonyl (C=O) groups excluding carboxylic acids is 1. The minimum atomic E-state index is -0.0956. The van der Waals surface area contributed by atoms with Gasteiger partial charge in [-0.2, -0.15) is 0 Å². The van der Waals surface area contributed by atoms with E-state index < -0.39 is 0 Å². The molecular formula is C19H17N5O3. The Bertz CT molecular complexity index is 1020. The van der Waals surface area contributed by atoms with E-state index in [4.69, 9.17) is 14.5 Å². The Hall–Kier alpha value is -3.55. The Kier molecular flexibility index (Phi) is 4.15. The van der Waals surface area contributed by atoms with Crippen molar-refractivity contribution < 1.29 is 14.3 Å². The molecule has 136 valence electrons. The van der Waals surface area contributed by atoms with Gasteiger partial charge >= 0.3 is 0 Å². The number of anilines is 1. The van der Waals surface area contributed by atoms with Crippen LogP contribution in [0.25, 0.3) is 11.3 Å². The Morgan fingerprint density at radius 1 is 1.07 bits per heavy atom. The van der Waals surface area contributed by atoms with Crippen molar-refractivity contribution in [2.75, 3.05) is 19.1 Å². The fraction of sp³-hybridized carbons (Fsp3) is 0.211. The zero-order chi connectivity index (χ0) is 19.0. The highest BCUT2D eigenvalue weighted by molar-refractivity contribution is 6.10. The molecule has 27 heavy (non-hydrogen) atoms. The van der Waals surface area contributed by atoms with Crippen molar-refractivity contribution in [3.8, 4) is 22.9 Å². The number of aryl methyl sites for hydroxylation is 1. The molecule has 0 N–H and O–H groups in total. The van der Waals surface area contributed by atoms with Crippen molar-refractivity contribution in [3.05, 3.63) is 53.9 Å². The van der Waals surface area contributed by atoms with Crippen LogP contribution >= 0.6 is 0 Å². The first-order valence-electron chi connectivity index (χ1n) is 8.28. The fourth-order valence-electron chi connectivity index (χ4n) is 3.16. The van der Waals surface area contributed by atoms with E-state index in [1.807, 2.05) is 19.1 Å². The van der Waals surface area contributed by atoms with E-state index in [0.717, 1.165) is 16.8 Å². The lowest BCUT2D eigenvalue weighted by atomic mass is 10.1. The van der Waals surface area contributed by atoms with Gasteiger partial charge in [-0.1, -0.05) is 0 Å². The summed E-state index contributed by atoms with van der Waals surface area (Å²) in [6, 6.07) is 3.70. The van der Waals surface area contributed by atoms with Crippen molar-refractivity contribution in [1.82, 2.24) is 19.9 Å². The van der Waals surface area contributed by atoms with Crippen molar-refractivity contribution >= 4 is 11.6 Å². The van der Waals surface area contributed by atoms with E-state index in [1.54, 1.807) is 30.6 Å². The average molecular weight is 363 g/mol. The molecule has 0 aliphatic carbocycles. The van der Waals surface area contributed by atoms with Gasteiger partial charge in [0.05, 0.1) is 55.8 Å². The number of hydrogen-bond acceptors (Lipinski definition) is 7. The molecule has 0 radical (unpaired) electrons. The second-order valence-electron chi connectivity index (χ2n) is 6.07. The number of pyridine rings is 2. The third-order valence-corrected chi connectivity index (χ3v) is 4.44. The summed E-state index contributed by atoms with van der Waals surface area (Å²) in [6.45, 7) is 2.28. The molecule has 0 saturated heterocycles. The standard InChI is InChI=1S/C19H17N5O3/c1-11-4-14(12-5-16(26-2)18(27-3)22-6-12)23-15-9-24(19(25)17(11)15)13-7-20-10-21-8-13/h4-8,10H,9H2,1-3H3. The number of carbonyl (C=O) groups is 1. The van der Waals surface area contributed by atoms with Crippen molar-refractivity contribution in [2.45, 2.75) is 13.5 Å². The molecule has 0 unspecified atom stereocenters. The van der Waals surface area contributed by atoms with Gasteiger partial charge in [-0.3, -0.25) is 14.7 Å². The lowest BCUT2D eigenvalue weighted by molar-refractivity contribution is 0.0996. The Morgan fingerprint density at radius 2 is 1.85 bits per heavy atom. The minimum Gasteiger partial charge on any atom is -0.491 e. The molecule has 4 heterocycles. The summed E-state index contributed by atoms with van der Waals surface area (Å²) in [6.07, 6.45) is 6.34. The van der Waals surface area contributed by atoms with Crippen molar-refractivity contribution in [1.29, 1.82) is 0 Å². The lowest BCUT2D eigenvalue weighted by Gasteiger charge is -2.13. The summed E-state index contributed by atoms with van der Waals surface area (Å²) in [5, 5.41) is 0. The van der Waals surface area contributed by atoms with Gasteiger partial charge in [0.15, 0.2) is 5.75 Å². The second kappa shape index (κ2) is 6.64. The molecule has 1 aliphatic heterocycles. The average Bonchev–Trinajstić information content (AvgIpc) is 3.05. The zero-order valence-corrected chi connectivity index (χ0v) is 15.1. The topological polar surface area (TPSA) is 90.3 Å². The molecule has 3 aromatic heterocycles. The van der Waals surface area contributed by atoms with Crippen molar-refractivity contribution in [2.24, 2.45) is 0 Å². The molecule has 8 nitrogen and oxygen atoms in total. The van der Waals surface area contributed by atoms with Crippen LogP contribution in [0.15, 0.2) is 37.1 Å². The summed E-state index contributed by atoms with van der Waals surface area (Å²) in [7, 11) is 3.10. The van der Waals surface area contributed by atoms with Crippen LogP contribution in [0.3, 0.4) is 0 Å². The molecule has 0 fully saturated rings. The van der Waals surface area contributed by atoms with E-state index in [9.17, 15) is 4.79 Å². The minimum absolute atomic E-state index is 0.0956. The number of ether oxygens (including phenoxy) is 2. The number of hydrogen-bond donors (Lipinski definition) is 0. The number of nitrogens with zero attached hydrogens (tertiary/aromatic N) is 5. The summed E-state index contributed by atoms with van der Waals surface area (Å²) in [4.78, 5) is 31.4. The molecular weight excluding hydrogens is 346 g/mol. The quantitative estimate of drug-likeness (QED) is 0.703. The summed E-state index contributed by atoms with van der Waals surface area (Å²) in [5.41, 5.74) is 4.35. The SMILES string of the molecule is COc1cc(-c2cc(C)c3c(n2)CN(c2cncnc2)C3=O)cnc1OC. The number of fused-ring (bicyclic) bond motifs is 1. The molecule has 1 amide bonds. The fourth-order valence-corrected chi connectivity index (χ4v) is 3.16. The van der Waals surface area contributed by atoms with Crippen LogP contribution in [0.1, 0.15) is 21.6 Å². The van der Waals surface area contributed by atoms with Crippen molar-refractivity contribution in [3.63, 3.8) is 0 Å². The number of methoxy groups -OCH3 is 2. The number of aromatic nitrogens is 4. The van der Waals surface area contributed by atoms with E-state index >= 15 is 0 Å². The summed E-state index contributed by atoms with van der Waals surface area (Å²) in [5.74, 6) is 0.834. The highest BCUT2D eigenvalue weighted by Crippen LogP contribution is 2.33. The maximum atomic E-state index is 12.8. The Balaban J connectivity index is 1.75. The molecule has 4 rings (SSSR count). The molecule has 0 bridgehead atoms. The predicted octanol–water partition coefficient (Wildman–Crippen LogP) is 2.42. The Morgan fingerprint density at radius 3 is 2.56 bits per heavy atom. The van der Waals surface area contributed by atoms with Crippen LogP contribution in [0.2, 0.25) is 0 Å². The maximum absolute atomic E-state index is 12.8. The van der Waals surface area contributed by atoms with Crippen LogP contribution in [0, 0.1) is 6.92 Å². The van der Waals surface area contributed by atoms with E-state index in [0.29, 0.717) is 35.1 Å². The first-order chi connectivity index (χ1) is 13.1. The van der Waals surface area contributed by atoms with Crippen LogP contribution < -0.4 is 14.4 Å². The van der Waals surface area contributed by atoms with Crippen LogP contribution in [-0.2, 0) is 6.54 Å². The maximum Gasteiger partial charge on any atom is 0.260 e. The molecule has 0 spiro atoms. The second-order valence-corrected chi connectivity index (χ2v) is 6.07. The molecule has 8 heteroatoms. The summed E-state index contributed by atoms with van der Waals surface area (Å²) >= 11 is 0. The normalized spacial score (nSPS) is 12.9. The van der Waals surface area contributed by atoms with Gasteiger partial charge in [0.1, 0.15) is 6.33 Å². The molecule has 1 aliphatic rings. The molecule has 0 saturated carbocycles. The lowest BCUT2D eigenvalue weighted by Crippen LogP contribution is -2.23. The third-order valence-electron chi connectivity index (χ3n) is 4.44. The van der Waals surface area contributed by atoms with Gasteiger partial charge in [0, 0.05) is 11.8 Å². The first-order valence-corrected chi connectivity index (χ1v) is 8.28. The van der Waals surface area contributed by atoms with Gasteiger partial charge in [0.2, 0.25) is 0 Å². The Labute approximate surface area is 155 Å². The smallest absolute Gasteiger partial charge is 0.260 e. The van der Waals surface area contributed by atoms with Crippen LogP contribution in [-0.4, -0.2) is 40.1 Å². The highest BCUT2D eigenvalue weighted by Gasteiger charge is 2.32. The van der Waals surface area contributed by atoms with Gasteiger partial charge in [-0.25, -0.2) is 15.0 Å².